The normalized spacial score (nSPS) is 12.3. The summed E-state index contributed by atoms with van der Waals surface area (Å²) in [5.41, 5.74) is 0.650. The van der Waals surface area contributed by atoms with Crippen molar-refractivity contribution in [2.45, 2.75) is 13.0 Å². The Morgan fingerprint density at radius 2 is 2.08 bits per heavy atom. The fourth-order valence-corrected chi connectivity index (χ4v) is 3.64. The number of carbonyl (C=O) groups is 1. The molecule has 9 heteroatoms. The Morgan fingerprint density at radius 1 is 1.36 bits per heavy atom. The van der Waals surface area contributed by atoms with E-state index in [9.17, 15) is 13.2 Å². The van der Waals surface area contributed by atoms with Crippen LogP contribution in [0.2, 0.25) is 5.02 Å². The summed E-state index contributed by atoms with van der Waals surface area (Å²) in [6.45, 7) is 1.48. The van der Waals surface area contributed by atoms with Gasteiger partial charge >= 0.3 is 0 Å². The Labute approximate surface area is 151 Å². The molecule has 1 N–H and O–H groups in total. The summed E-state index contributed by atoms with van der Waals surface area (Å²) in [7, 11) is -2.38. The van der Waals surface area contributed by atoms with Crippen molar-refractivity contribution in [1.29, 1.82) is 0 Å². The Kier molecular flexibility index (Phi) is 5.86. The lowest BCUT2D eigenvalue weighted by Gasteiger charge is -2.29. The predicted molar refractivity (Wildman–Crippen MR) is 97.7 cm³/mol. The van der Waals surface area contributed by atoms with Crippen LogP contribution in [0.5, 0.6) is 5.75 Å². The highest BCUT2D eigenvalue weighted by atomic mass is 35.5. The van der Waals surface area contributed by atoms with Crippen molar-refractivity contribution >= 4 is 38.9 Å². The number of hydrogen-bond acceptors (Lipinski definition) is 5. The number of carbonyl (C=O) groups excluding carboxylic acids is 1. The largest absolute Gasteiger partial charge is 0.495 e. The van der Waals surface area contributed by atoms with Crippen molar-refractivity contribution in [3.8, 4) is 5.75 Å². The van der Waals surface area contributed by atoms with Crippen molar-refractivity contribution in [3.63, 3.8) is 0 Å². The third kappa shape index (κ3) is 4.61. The molecule has 0 spiro atoms. The quantitative estimate of drug-likeness (QED) is 0.828. The number of nitrogens with one attached hydrogen (secondary N) is 1. The summed E-state index contributed by atoms with van der Waals surface area (Å²) in [4.78, 5) is 16.4. The molecule has 25 heavy (non-hydrogen) atoms. The van der Waals surface area contributed by atoms with Crippen LogP contribution in [0.15, 0.2) is 42.7 Å². The number of sulfonamides is 1. The highest BCUT2D eigenvalue weighted by Crippen LogP contribution is 2.34. The molecule has 0 saturated heterocycles. The van der Waals surface area contributed by atoms with E-state index < -0.39 is 22.0 Å². The lowest BCUT2D eigenvalue weighted by Crippen LogP contribution is -2.45. The van der Waals surface area contributed by atoms with Crippen LogP contribution in [0, 0.1) is 0 Å². The third-order valence-electron chi connectivity index (χ3n) is 3.40. The second-order valence-corrected chi connectivity index (χ2v) is 7.58. The topological polar surface area (TPSA) is 88.6 Å². The van der Waals surface area contributed by atoms with E-state index >= 15 is 0 Å². The zero-order chi connectivity index (χ0) is 18.6. The predicted octanol–water partition coefficient (Wildman–Crippen LogP) is 2.54. The van der Waals surface area contributed by atoms with Gasteiger partial charge in [-0.2, -0.15) is 0 Å². The van der Waals surface area contributed by atoms with E-state index in [4.69, 9.17) is 16.3 Å². The standard InChI is InChI=1S/C16H18ClN3O4S/c1-11(16(21)19-13-5-4-8-18-10-13)20(25(3,22)23)14-9-12(17)6-7-15(14)24-2/h4-11H,1-3H3,(H,19,21)/t11-/m0/s1. The SMILES string of the molecule is COc1ccc(Cl)cc1N([C@@H](C)C(=O)Nc1cccnc1)S(C)(=O)=O. The summed E-state index contributed by atoms with van der Waals surface area (Å²) in [5.74, 6) is -0.226. The molecule has 7 nitrogen and oxygen atoms in total. The van der Waals surface area contributed by atoms with E-state index in [1.807, 2.05) is 0 Å². The highest BCUT2D eigenvalue weighted by molar-refractivity contribution is 7.92. The van der Waals surface area contributed by atoms with Gasteiger partial charge in [0.05, 0.1) is 30.9 Å². The van der Waals surface area contributed by atoms with Gasteiger partial charge < -0.3 is 10.1 Å². The number of anilines is 2. The molecule has 1 aromatic carbocycles. The summed E-state index contributed by atoms with van der Waals surface area (Å²) in [6.07, 6.45) is 4.05. The molecule has 0 aliphatic rings. The number of hydrogen-bond donors (Lipinski definition) is 1. The minimum Gasteiger partial charge on any atom is -0.495 e. The Hall–Kier alpha value is -2.32. The molecule has 1 atom stereocenters. The molecule has 0 aliphatic heterocycles. The third-order valence-corrected chi connectivity index (χ3v) is 4.86. The van der Waals surface area contributed by atoms with Gasteiger partial charge in [0.2, 0.25) is 15.9 Å². The number of benzene rings is 1. The molecule has 0 bridgehead atoms. The summed E-state index contributed by atoms with van der Waals surface area (Å²) in [6, 6.07) is 6.83. The highest BCUT2D eigenvalue weighted by Gasteiger charge is 2.31. The fourth-order valence-electron chi connectivity index (χ4n) is 2.30. The van der Waals surface area contributed by atoms with E-state index in [-0.39, 0.29) is 11.4 Å². The van der Waals surface area contributed by atoms with Crippen LogP contribution in [-0.4, -0.2) is 38.7 Å². The minimum absolute atomic E-state index is 0.186. The number of aromatic nitrogens is 1. The van der Waals surface area contributed by atoms with Gasteiger partial charge in [-0.15, -0.1) is 0 Å². The van der Waals surface area contributed by atoms with Crippen LogP contribution in [0.1, 0.15) is 6.92 Å². The van der Waals surface area contributed by atoms with E-state index in [2.05, 4.69) is 10.3 Å². The molecule has 134 valence electrons. The zero-order valence-electron chi connectivity index (χ0n) is 13.9. The molecule has 0 aliphatic carbocycles. The number of halogens is 1. The van der Waals surface area contributed by atoms with Gasteiger partial charge in [0, 0.05) is 11.2 Å². The van der Waals surface area contributed by atoms with Crippen molar-refractivity contribution < 1.29 is 17.9 Å². The van der Waals surface area contributed by atoms with E-state index in [0.717, 1.165) is 10.6 Å². The minimum atomic E-state index is -3.79. The van der Waals surface area contributed by atoms with Gasteiger partial charge in [0.15, 0.2) is 0 Å². The first kappa shape index (κ1) is 19.0. The van der Waals surface area contributed by atoms with E-state index in [1.165, 1.54) is 26.3 Å². The summed E-state index contributed by atoms with van der Waals surface area (Å²) >= 11 is 6.00. The molecule has 0 fully saturated rings. The van der Waals surface area contributed by atoms with Crippen molar-refractivity contribution in [3.05, 3.63) is 47.7 Å². The average molecular weight is 384 g/mol. The fraction of sp³-hybridized carbons (Fsp3) is 0.250. The smallest absolute Gasteiger partial charge is 0.248 e. The monoisotopic (exact) mass is 383 g/mol. The number of amides is 1. The maximum absolute atomic E-state index is 12.5. The number of rotatable bonds is 6. The van der Waals surface area contributed by atoms with Gasteiger partial charge in [-0.3, -0.25) is 14.1 Å². The van der Waals surface area contributed by atoms with Gasteiger partial charge in [0.25, 0.3) is 0 Å². The average Bonchev–Trinajstić information content (AvgIpc) is 2.55. The van der Waals surface area contributed by atoms with Gasteiger partial charge in [-0.25, -0.2) is 8.42 Å². The van der Waals surface area contributed by atoms with E-state index in [1.54, 1.807) is 30.5 Å². The van der Waals surface area contributed by atoms with Gasteiger partial charge in [0.1, 0.15) is 11.8 Å². The van der Waals surface area contributed by atoms with Crippen molar-refractivity contribution in [2.24, 2.45) is 0 Å². The maximum atomic E-state index is 12.5. The molecule has 1 aromatic heterocycles. The second-order valence-electron chi connectivity index (χ2n) is 5.28. The number of nitrogens with zero attached hydrogens (tertiary/aromatic N) is 2. The van der Waals surface area contributed by atoms with Gasteiger partial charge in [-0.05, 0) is 37.3 Å². The number of ether oxygens (including phenoxy) is 1. The lowest BCUT2D eigenvalue weighted by atomic mass is 10.2. The van der Waals surface area contributed by atoms with E-state index in [0.29, 0.717) is 10.7 Å². The molecule has 2 rings (SSSR count). The van der Waals surface area contributed by atoms with Crippen LogP contribution >= 0.6 is 11.6 Å². The molecule has 1 amide bonds. The first-order valence-corrected chi connectivity index (χ1v) is 9.50. The molecular formula is C16H18ClN3O4S. The van der Waals surface area contributed by atoms with Crippen LogP contribution in [0.4, 0.5) is 11.4 Å². The van der Waals surface area contributed by atoms with Crippen molar-refractivity contribution in [2.75, 3.05) is 23.0 Å². The van der Waals surface area contributed by atoms with Crippen LogP contribution in [0.25, 0.3) is 0 Å². The number of pyridine rings is 1. The second kappa shape index (κ2) is 7.71. The number of methoxy groups -OCH3 is 1. The Balaban J connectivity index is 2.41. The molecule has 0 saturated carbocycles. The molecular weight excluding hydrogens is 366 g/mol. The molecule has 2 aromatic rings. The summed E-state index contributed by atoms with van der Waals surface area (Å²) < 4.78 is 30.9. The molecule has 0 radical (unpaired) electrons. The summed E-state index contributed by atoms with van der Waals surface area (Å²) in [5, 5.41) is 2.96. The Bertz CT molecular complexity index is 859. The zero-order valence-corrected chi connectivity index (χ0v) is 15.5. The first-order valence-electron chi connectivity index (χ1n) is 7.28. The van der Waals surface area contributed by atoms with Crippen LogP contribution in [-0.2, 0) is 14.8 Å². The molecule has 1 heterocycles. The van der Waals surface area contributed by atoms with Crippen LogP contribution < -0.4 is 14.4 Å². The van der Waals surface area contributed by atoms with Crippen LogP contribution in [0.3, 0.4) is 0 Å². The molecule has 0 unspecified atom stereocenters. The Morgan fingerprint density at radius 3 is 2.64 bits per heavy atom. The first-order chi connectivity index (χ1) is 11.7. The lowest BCUT2D eigenvalue weighted by molar-refractivity contribution is -0.116. The van der Waals surface area contributed by atoms with Gasteiger partial charge in [-0.1, -0.05) is 11.6 Å². The van der Waals surface area contributed by atoms with Crippen molar-refractivity contribution in [1.82, 2.24) is 4.98 Å². The maximum Gasteiger partial charge on any atom is 0.248 e.